The molecule has 0 unspecified atom stereocenters. The molecule has 0 spiro atoms. The Morgan fingerprint density at radius 2 is 1.73 bits per heavy atom. The Balaban J connectivity index is 1.74. The highest BCUT2D eigenvalue weighted by atomic mass is 16.6. The first-order chi connectivity index (χ1) is 10.8. The fourth-order valence-electron chi connectivity index (χ4n) is 2.95. The van der Waals surface area contributed by atoms with Crippen molar-refractivity contribution in [3.05, 3.63) is 29.8 Å². The molecule has 4 nitrogen and oxygen atoms in total. The Kier molecular flexibility index (Phi) is 7.23. The van der Waals surface area contributed by atoms with Crippen molar-refractivity contribution in [3.63, 3.8) is 0 Å². The summed E-state index contributed by atoms with van der Waals surface area (Å²) in [6, 6.07) is 8.77. The van der Waals surface area contributed by atoms with Gasteiger partial charge in [-0.05, 0) is 49.9 Å². The van der Waals surface area contributed by atoms with Gasteiger partial charge in [-0.1, -0.05) is 19.3 Å². The van der Waals surface area contributed by atoms with Gasteiger partial charge in [0.25, 0.3) is 0 Å². The summed E-state index contributed by atoms with van der Waals surface area (Å²) in [7, 11) is 1.36. The van der Waals surface area contributed by atoms with Crippen LogP contribution < -0.4 is 10.1 Å². The lowest BCUT2D eigenvalue weighted by molar-refractivity contribution is -0.706. The number of benzene rings is 1. The molecular formula is C18H28NO3+. The van der Waals surface area contributed by atoms with E-state index in [4.69, 9.17) is 4.74 Å². The number of nitrogens with two attached hydrogens (primary N) is 1. The molecule has 0 radical (unpaired) electrons. The maximum atomic E-state index is 11.0. The lowest BCUT2D eigenvalue weighted by Crippen LogP contribution is -2.88. The lowest BCUT2D eigenvalue weighted by Gasteiger charge is -2.18. The van der Waals surface area contributed by atoms with E-state index >= 15 is 0 Å². The molecule has 0 aliphatic heterocycles. The van der Waals surface area contributed by atoms with Crippen molar-refractivity contribution < 1.29 is 19.6 Å². The summed E-state index contributed by atoms with van der Waals surface area (Å²) in [5.74, 6) is 0.349. The van der Waals surface area contributed by atoms with Gasteiger partial charge in [-0.2, -0.15) is 0 Å². The molecule has 1 aromatic rings. The van der Waals surface area contributed by atoms with E-state index in [1.165, 1.54) is 57.6 Å². The predicted octanol–water partition coefficient (Wildman–Crippen LogP) is 2.41. The van der Waals surface area contributed by atoms with Crippen LogP contribution in [0, 0.1) is 0 Å². The Hall–Kier alpha value is -1.55. The minimum Gasteiger partial charge on any atom is -0.482 e. The van der Waals surface area contributed by atoms with Gasteiger partial charge >= 0.3 is 5.97 Å². The molecule has 0 amide bonds. The van der Waals surface area contributed by atoms with Crippen LogP contribution in [-0.4, -0.2) is 25.7 Å². The second-order valence-corrected chi connectivity index (χ2v) is 6.05. The van der Waals surface area contributed by atoms with Gasteiger partial charge in [0.1, 0.15) is 12.3 Å². The second-order valence-electron chi connectivity index (χ2n) is 6.05. The molecule has 2 rings (SSSR count). The maximum Gasteiger partial charge on any atom is 0.343 e. The fraction of sp³-hybridized carbons (Fsp3) is 0.611. The van der Waals surface area contributed by atoms with Crippen LogP contribution in [0.4, 0.5) is 0 Å². The minimum absolute atomic E-state index is 0.0377. The van der Waals surface area contributed by atoms with Crippen molar-refractivity contribution in [1.29, 1.82) is 0 Å². The SMILES string of the molecule is COC(=O)COc1ccc(C[NH2+]C2CCCCCCC2)cc1. The molecular weight excluding hydrogens is 278 g/mol. The number of quaternary nitrogens is 1. The van der Waals surface area contributed by atoms with E-state index in [-0.39, 0.29) is 12.6 Å². The maximum absolute atomic E-state index is 11.0. The van der Waals surface area contributed by atoms with Crippen LogP contribution in [0.1, 0.15) is 50.5 Å². The van der Waals surface area contributed by atoms with Crippen LogP contribution in [0.5, 0.6) is 5.75 Å². The third-order valence-corrected chi connectivity index (χ3v) is 4.34. The van der Waals surface area contributed by atoms with Crippen LogP contribution in [0.15, 0.2) is 24.3 Å². The van der Waals surface area contributed by atoms with Gasteiger partial charge in [-0.15, -0.1) is 0 Å². The zero-order chi connectivity index (χ0) is 15.6. The molecule has 0 atom stereocenters. The molecule has 0 aromatic heterocycles. The highest BCUT2D eigenvalue weighted by Gasteiger charge is 2.13. The number of carbonyl (C=O) groups is 1. The molecule has 1 aliphatic rings. The summed E-state index contributed by atoms with van der Waals surface area (Å²) >= 11 is 0. The molecule has 1 aliphatic carbocycles. The number of hydrogen-bond acceptors (Lipinski definition) is 3. The lowest BCUT2D eigenvalue weighted by atomic mass is 9.96. The van der Waals surface area contributed by atoms with Crippen molar-refractivity contribution in [1.82, 2.24) is 0 Å². The average Bonchev–Trinajstić information content (AvgIpc) is 2.52. The molecule has 1 aromatic carbocycles. The van der Waals surface area contributed by atoms with E-state index in [0.717, 1.165) is 12.6 Å². The number of carbonyl (C=O) groups excluding carboxylic acids is 1. The third-order valence-electron chi connectivity index (χ3n) is 4.34. The molecule has 2 N–H and O–H groups in total. The number of ether oxygens (including phenoxy) is 2. The van der Waals surface area contributed by atoms with Gasteiger partial charge < -0.3 is 14.8 Å². The Bertz CT molecular complexity index is 436. The van der Waals surface area contributed by atoms with Gasteiger partial charge in [0.15, 0.2) is 6.61 Å². The van der Waals surface area contributed by atoms with Crippen molar-refractivity contribution in [2.45, 2.75) is 57.5 Å². The zero-order valence-corrected chi connectivity index (χ0v) is 13.6. The largest absolute Gasteiger partial charge is 0.482 e. The number of hydrogen-bond donors (Lipinski definition) is 1. The normalized spacial score (nSPS) is 16.6. The van der Waals surface area contributed by atoms with Crippen molar-refractivity contribution >= 4 is 5.97 Å². The molecule has 22 heavy (non-hydrogen) atoms. The highest BCUT2D eigenvalue weighted by molar-refractivity contribution is 5.70. The van der Waals surface area contributed by atoms with Crippen LogP contribution in [0.25, 0.3) is 0 Å². The van der Waals surface area contributed by atoms with Crippen molar-refractivity contribution in [2.24, 2.45) is 0 Å². The second kappa shape index (κ2) is 9.46. The monoisotopic (exact) mass is 306 g/mol. The topological polar surface area (TPSA) is 52.1 Å². The van der Waals surface area contributed by atoms with Crippen LogP contribution in [-0.2, 0) is 16.1 Å². The zero-order valence-electron chi connectivity index (χ0n) is 13.6. The van der Waals surface area contributed by atoms with Gasteiger partial charge in [0.05, 0.1) is 13.2 Å². The van der Waals surface area contributed by atoms with Gasteiger partial charge in [-0.3, -0.25) is 0 Å². The summed E-state index contributed by atoms with van der Waals surface area (Å²) in [6.45, 7) is 0.978. The Morgan fingerprint density at radius 3 is 2.36 bits per heavy atom. The smallest absolute Gasteiger partial charge is 0.343 e. The summed E-state index contributed by atoms with van der Waals surface area (Å²) in [5.41, 5.74) is 1.30. The first kappa shape index (κ1) is 16.8. The summed E-state index contributed by atoms with van der Waals surface area (Å²) in [6.07, 6.45) is 9.66. The van der Waals surface area contributed by atoms with E-state index in [9.17, 15) is 4.79 Å². The Labute approximate surface area is 133 Å². The standard InChI is InChI=1S/C18H27NO3/c1-21-18(20)14-22-17-11-9-15(10-12-17)13-19-16-7-5-3-2-4-6-8-16/h9-12,16,19H,2-8,13-14H2,1H3/p+1. The highest BCUT2D eigenvalue weighted by Crippen LogP contribution is 2.15. The Morgan fingerprint density at radius 1 is 1.09 bits per heavy atom. The predicted molar refractivity (Wildman–Crippen MR) is 85.7 cm³/mol. The molecule has 0 bridgehead atoms. The van der Waals surface area contributed by atoms with Gasteiger partial charge in [-0.25, -0.2) is 4.79 Å². The first-order valence-electron chi connectivity index (χ1n) is 8.40. The summed E-state index contributed by atoms with van der Waals surface area (Å²) in [4.78, 5) is 11.0. The van der Waals surface area contributed by atoms with Crippen molar-refractivity contribution in [3.8, 4) is 5.75 Å². The van der Waals surface area contributed by atoms with Gasteiger partial charge in [0.2, 0.25) is 0 Å². The van der Waals surface area contributed by atoms with Crippen LogP contribution in [0.3, 0.4) is 0 Å². The molecule has 0 heterocycles. The number of rotatable bonds is 6. The molecule has 0 saturated heterocycles. The number of methoxy groups -OCH3 is 1. The van der Waals surface area contributed by atoms with Crippen molar-refractivity contribution in [2.75, 3.05) is 13.7 Å². The molecule has 122 valence electrons. The quantitative estimate of drug-likeness (QED) is 0.821. The minimum atomic E-state index is -0.360. The summed E-state index contributed by atoms with van der Waals surface area (Å²) in [5, 5.41) is 2.48. The van der Waals surface area contributed by atoms with Crippen LogP contribution in [0.2, 0.25) is 0 Å². The van der Waals surface area contributed by atoms with Gasteiger partial charge in [0, 0.05) is 5.56 Å². The molecule has 1 saturated carbocycles. The summed E-state index contributed by atoms with van der Waals surface area (Å²) < 4.78 is 9.91. The molecule has 4 heteroatoms. The number of esters is 1. The van der Waals surface area contributed by atoms with E-state index in [2.05, 4.69) is 22.2 Å². The third kappa shape index (κ3) is 6.06. The molecule has 1 fully saturated rings. The van der Waals surface area contributed by atoms with Crippen LogP contribution >= 0.6 is 0 Å². The van der Waals surface area contributed by atoms with E-state index in [0.29, 0.717) is 5.75 Å². The first-order valence-corrected chi connectivity index (χ1v) is 8.40. The van der Waals surface area contributed by atoms with E-state index in [1.807, 2.05) is 12.1 Å². The fourth-order valence-corrected chi connectivity index (χ4v) is 2.95. The van der Waals surface area contributed by atoms with E-state index in [1.54, 1.807) is 0 Å². The average molecular weight is 306 g/mol. The van der Waals surface area contributed by atoms with E-state index < -0.39 is 0 Å².